The normalized spacial score (nSPS) is 31.8. The fraction of sp³-hybridized carbons (Fsp3) is 0.562. The summed E-state index contributed by atoms with van der Waals surface area (Å²) in [4.78, 5) is 2.63. The van der Waals surface area contributed by atoms with Crippen LogP contribution in [0.25, 0.3) is 11.0 Å². The van der Waals surface area contributed by atoms with Gasteiger partial charge in [0.15, 0.2) is 11.4 Å². The number of hydrogen-bond donors (Lipinski definition) is 1. The van der Waals surface area contributed by atoms with Gasteiger partial charge in [-0.1, -0.05) is 16.8 Å². The number of fused-ring (bicyclic) bond motifs is 3. The summed E-state index contributed by atoms with van der Waals surface area (Å²) in [6.07, 6.45) is 4.96. The molecule has 4 fully saturated rings. The van der Waals surface area contributed by atoms with Crippen LogP contribution < -0.4 is 5.32 Å². The molecule has 1 atom stereocenters. The average molecular weight is 322 g/mol. The highest BCUT2D eigenvalue weighted by Gasteiger charge is 2.60. The van der Waals surface area contributed by atoms with Gasteiger partial charge in [-0.25, -0.2) is 4.39 Å². The van der Waals surface area contributed by atoms with Gasteiger partial charge < -0.3 is 9.84 Å². The van der Waals surface area contributed by atoms with Gasteiger partial charge >= 0.3 is 0 Å². The lowest BCUT2D eigenvalue weighted by Crippen LogP contribution is -2.62. The Bertz CT molecular complexity index is 749. The van der Waals surface area contributed by atoms with Crippen molar-refractivity contribution >= 4 is 28.4 Å². The first kappa shape index (κ1) is 13.1. The molecule has 22 heavy (non-hydrogen) atoms. The van der Waals surface area contributed by atoms with Crippen molar-refractivity contribution < 1.29 is 8.91 Å². The van der Waals surface area contributed by atoms with E-state index in [-0.39, 0.29) is 5.02 Å². The van der Waals surface area contributed by atoms with Crippen molar-refractivity contribution in [3.8, 4) is 0 Å². The smallest absolute Gasteiger partial charge is 0.177 e. The molecule has 0 amide bonds. The molecule has 1 spiro atoms. The van der Waals surface area contributed by atoms with Crippen molar-refractivity contribution in [3.05, 3.63) is 23.0 Å². The summed E-state index contributed by atoms with van der Waals surface area (Å²) >= 11 is 5.81. The summed E-state index contributed by atoms with van der Waals surface area (Å²) in [5.74, 6) is 0.891. The third-order valence-electron chi connectivity index (χ3n) is 5.79. The monoisotopic (exact) mass is 321 g/mol. The molecule has 1 saturated carbocycles. The van der Waals surface area contributed by atoms with Crippen LogP contribution in [0, 0.1) is 11.7 Å². The fourth-order valence-corrected chi connectivity index (χ4v) is 4.66. The molecule has 6 rings (SSSR count). The second-order valence-corrected chi connectivity index (χ2v) is 7.25. The van der Waals surface area contributed by atoms with E-state index in [2.05, 4.69) is 15.4 Å². The largest absolute Gasteiger partial charge is 0.362 e. The van der Waals surface area contributed by atoms with Crippen LogP contribution in [0.1, 0.15) is 25.7 Å². The van der Waals surface area contributed by atoms with Crippen LogP contribution >= 0.6 is 11.6 Å². The number of nitrogens with one attached hydrogen (secondary N) is 1. The minimum absolute atomic E-state index is 0.0664. The molecule has 3 saturated heterocycles. The Morgan fingerprint density at radius 2 is 2.09 bits per heavy atom. The summed E-state index contributed by atoms with van der Waals surface area (Å²) < 4.78 is 19.1. The Balaban J connectivity index is 1.52. The first-order chi connectivity index (χ1) is 10.7. The maximum absolute atomic E-state index is 13.8. The van der Waals surface area contributed by atoms with Gasteiger partial charge in [-0.05, 0) is 50.8 Å². The lowest BCUT2D eigenvalue weighted by molar-refractivity contribution is 0.0202. The Hall–Kier alpha value is -1.33. The first-order valence-electron chi connectivity index (χ1n) is 7.93. The lowest BCUT2D eigenvalue weighted by Gasteiger charge is -2.52. The molecular weight excluding hydrogens is 305 g/mol. The summed E-state index contributed by atoms with van der Waals surface area (Å²) in [5.41, 5.74) is 0.831. The Morgan fingerprint density at radius 1 is 1.32 bits per heavy atom. The minimum Gasteiger partial charge on any atom is -0.362 e. The van der Waals surface area contributed by atoms with Crippen LogP contribution in [0.3, 0.4) is 0 Å². The summed E-state index contributed by atoms with van der Waals surface area (Å²) in [7, 11) is 0. The van der Waals surface area contributed by atoms with E-state index in [1.165, 1.54) is 50.9 Å². The highest BCUT2D eigenvalue weighted by molar-refractivity contribution is 6.31. The fourth-order valence-electron chi connectivity index (χ4n) is 4.51. The number of piperidine rings is 3. The molecule has 3 aliphatic heterocycles. The van der Waals surface area contributed by atoms with E-state index in [1.54, 1.807) is 0 Å². The maximum Gasteiger partial charge on any atom is 0.177 e. The van der Waals surface area contributed by atoms with Crippen molar-refractivity contribution in [1.29, 1.82) is 0 Å². The number of hydrogen-bond acceptors (Lipinski definition) is 4. The zero-order valence-corrected chi connectivity index (χ0v) is 12.9. The predicted octanol–water partition coefficient (Wildman–Crippen LogP) is 3.66. The van der Waals surface area contributed by atoms with Crippen molar-refractivity contribution in [2.45, 2.75) is 37.3 Å². The van der Waals surface area contributed by atoms with E-state index >= 15 is 0 Å². The molecule has 4 nitrogen and oxygen atoms in total. The van der Waals surface area contributed by atoms with E-state index in [0.717, 1.165) is 0 Å². The van der Waals surface area contributed by atoms with Crippen molar-refractivity contribution in [3.63, 3.8) is 0 Å². The second kappa shape index (κ2) is 4.36. The van der Waals surface area contributed by atoms with E-state index in [1.807, 2.05) is 0 Å². The third-order valence-corrected chi connectivity index (χ3v) is 6.08. The Morgan fingerprint density at radius 3 is 2.82 bits per heavy atom. The molecule has 6 heteroatoms. The molecule has 2 bridgehead atoms. The zero-order valence-electron chi connectivity index (χ0n) is 12.1. The van der Waals surface area contributed by atoms with Gasteiger partial charge in [-0.15, -0.1) is 0 Å². The van der Waals surface area contributed by atoms with Crippen molar-refractivity contribution in [1.82, 2.24) is 10.1 Å². The maximum atomic E-state index is 13.8. The number of nitrogens with zero attached hydrogens (tertiary/aromatic N) is 2. The van der Waals surface area contributed by atoms with Crippen LogP contribution in [-0.4, -0.2) is 34.7 Å². The molecule has 2 aromatic rings. The molecule has 116 valence electrons. The molecule has 1 N–H and O–H groups in total. The highest BCUT2D eigenvalue weighted by atomic mass is 35.5. The quantitative estimate of drug-likeness (QED) is 0.916. The molecule has 1 unspecified atom stereocenters. The number of anilines is 1. The van der Waals surface area contributed by atoms with Crippen LogP contribution in [-0.2, 0) is 0 Å². The highest BCUT2D eigenvalue weighted by Crippen LogP contribution is 2.54. The predicted molar refractivity (Wildman–Crippen MR) is 82.6 cm³/mol. The van der Waals surface area contributed by atoms with E-state index in [4.69, 9.17) is 16.1 Å². The van der Waals surface area contributed by atoms with E-state index in [0.29, 0.717) is 34.3 Å². The third kappa shape index (κ3) is 1.69. The Kier molecular flexibility index (Phi) is 2.60. The van der Waals surface area contributed by atoms with Crippen molar-refractivity contribution in [2.24, 2.45) is 5.92 Å². The summed E-state index contributed by atoms with van der Waals surface area (Å²) in [5, 5.41) is 8.44. The van der Waals surface area contributed by atoms with Gasteiger partial charge in [0.05, 0.1) is 10.4 Å². The molecule has 4 heterocycles. The summed E-state index contributed by atoms with van der Waals surface area (Å²) in [6.45, 7) is 2.43. The topological polar surface area (TPSA) is 41.3 Å². The zero-order chi connectivity index (χ0) is 14.9. The molecule has 4 aliphatic rings. The first-order valence-corrected chi connectivity index (χ1v) is 8.31. The summed E-state index contributed by atoms with van der Waals surface area (Å²) in [6, 6.07) is 3.30. The van der Waals surface area contributed by atoms with Gasteiger partial charge in [0.2, 0.25) is 0 Å². The van der Waals surface area contributed by atoms with Gasteiger partial charge in [0, 0.05) is 17.6 Å². The van der Waals surface area contributed by atoms with Crippen molar-refractivity contribution in [2.75, 3.05) is 18.4 Å². The molecule has 1 aromatic heterocycles. The molecule has 1 aliphatic carbocycles. The number of halogens is 2. The SMILES string of the molecule is Fc1cc2c(NC3C4CCN(CC4)C34CC4)noc2cc1Cl. The molecule has 1 aromatic carbocycles. The van der Waals surface area contributed by atoms with Crippen LogP contribution in [0.15, 0.2) is 16.7 Å². The van der Waals surface area contributed by atoms with Crippen LogP contribution in [0.2, 0.25) is 5.02 Å². The molecular formula is C16H17ClFN3O. The van der Waals surface area contributed by atoms with Gasteiger partial charge in [0.1, 0.15) is 5.82 Å². The van der Waals surface area contributed by atoms with E-state index in [9.17, 15) is 4.39 Å². The second-order valence-electron chi connectivity index (χ2n) is 6.84. The van der Waals surface area contributed by atoms with E-state index < -0.39 is 5.82 Å². The number of benzene rings is 1. The standard InChI is InChI=1S/C16H17ClFN3O/c17-11-8-13-10(7-12(11)18)15(20-22-13)19-14-9-1-5-21(6-2-9)16(14)3-4-16/h7-9,14H,1-6H2,(H,19,20). The van der Waals surface area contributed by atoms with Gasteiger partial charge in [-0.2, -0.15) is 0 Å². The van der Waals surface area contributed by atoms with Gasteiger partial charge in [0.25, 0.3) is 0 Å². The molecule has 0 radical (unpaired) electrons. The Labute approximate surface area is 132 Å². The number of rotatable bonds is 2. The lowest BCUT2D eigenvalue weighted by atomic mass is 9.77. The van der Waals surface area contributed by atoms with Crippen LogP contribution in [0.5, 0.6) is 0 Å². The average Bonchev–Trinajstić information content (AvgIpc) is 3.22. The minimum atomic E-state index is -0.435. The number of aromatic nitrogens is 1. The van der Waals surface area contributed by atoms with Crippen LogP contribution in [0.4, 0.5) is 10.2 Å². The van der Waals surface area contributed by atoms with Gasteiger partial charge in [-0.3, -0.25) is 4.90 Å².